The maximum absolute atomic E-state index is 12.7. The van der Waals surface area contributed by atoms with E-state index >= 15 is 0 Å². The number of rotatable bonds is 4. The molecule has 2 aromatic carbocycles. The summed E-state index contributed by atoms with van der Waals surface area (Å²) >= 11 is 0. The smallest absolute Gasteiger partial charge is 0.416 e. The molecule has 0 atom stereocenters. The lowest BCUT2D eigenvalue weighted by Gasteiger charge is -2.10. The van der Waals surface area contributed by atoms with Gasteiger partial charge in [0.25, 0.3) is 11.8 Å². The van der Waals surface area contributed by atoms with Crippen molar-refractivity contribution in [3.8, 4) is 5.75 Å². The number of hydrogen-bond donors (Lipinski definition) is 2. The summed E-state index contributed by atoms with van der Waals surface area (Å²) in [5, 5.41) is 0. The molecule has 0 bridgehead atoms. The third-order valence-electron chi connectivity index (χ3n) is 2.97. The number of benzene rings is 2. The normalized spacial score (nSPS) is 10.9. The van der Waals surface area contributed by atoms with E-state index in [4.69, 9.17) is 4.74 Å². The fourth-order valence-corrected chi connectivity index (χ4v) is 1.73. The second-order valence-corrected chi connectivity index (χ2v) is 4.82. The molecule has 2 aromatic rings. The lowest BCUT2D eigenvalue weighted by atomic mass is 10.1. The van der Waals surface area contributed by atoms with Gasteiger partial charge in [0.2, 0.25) is 0 Å². The van der Waals surface area contributed by atoms with Crippen LogP contribution < -0.4 is 15.6 Å². The minimum absolute atomic E-state index is 0.0623. The maximum Gasteiger partial charge on any atom is 0.416 e. The predicted molar refractivity (Wildman–Crippen MR) is 78.9 cm³/mol. The van der Waals surface area contributed by atoms with Crippen LogP contribution >= 0.6 is 0 Å². The molecule has 2 amide bonds. The summed E-state index contributed by atoms with van der Waals surface area (Å²) < 4.78 is 55.0. The van der Waals surface area contributed by atoms with Crippen molar-refractivity contribution in [3.63, 3.8) is 0 Å². The van der Waals surface area contributed by atoms with Crippen LogP contribution in [0, 0.1) is 5.82 Å². The van der Waals surface area contributed by atoms with Crippen molar-refractivity contribution in [2.24, 2.45) is 0 Å². The van der Waals surface area contributed by atoms with Crippen molar-refractivity contribution in [2.75, 3.05) is 6.61 Å². The molecular weight excluding hydrogens is 344 g/mol. The van der Waals surface area contributed by atoms with E-state index < -0.39 is 36.0 Å². The minimum Gasteiger partial charge on any atom is -0.484 e. The second-order valence-electron chi connectivity index (χ2n) is 4.82. The van der Waals surface area contributed by atoms with Gasteiger partial charge < -0.3 is 4.74 Å². The predicted octanol–water partition coefficient (Wildman–Crippen LogP) is 2.68. The highest BCUT2D eigenvalue weighted by Gasteiger charge is 2.30. The molecule has 0 saturated carbocycles. The van der Waals surface area contributed by atoms with Gasteiger partial charge in [-0.05, 0) is 48.5 Å². The molecule has 0 aromatic heterocycles. The van der Waals surface area contributed by atoms with Gasteiger partial charge in [0.1, 0.15) is 11.6 Å². The molecule has 132 valence electrons. The largest absolute Gasteiger partial charge is 0.484 e. The molecule has 0 fully saturated rings. The van der Waals surface area contributed by atoms with E-state index in [0.717, 1.165) is 36.4 Å². The second kappa shape index (κ2) is 7.65. The zero-order valence-corrected chi connectivity index (χ0v) is 12.6. The maximum atomic E-state index is 12.7. The number of nitrogens with one attached hydrogen (secondary N) is 2. The molecule has 0 aliphatic carbocycles. The molecule has 0 radical (unpaired) electrons. The number of carbonyl (C=O) groups is 2. The quantitative estimate of drug-likeness (QED) is 0.654. The first kappa shape index (κ1) is 18.2. The van der Waals surface area contributed by atoms with Crippen molar-refractivity contribution in [3.05, 3.63) is 65.5 Å². The van der Waals surface area contributed by atoms with E-state index in [2.05, 4.69) is 0 Å². The third kappa shape index (κ3) is 5.48. The molecule has 0 aliphatic rings. The Morgan fingerprint density at radius 2 is 1.52 bits per heavy atom. The Bertz CT molecular complexity index is 743. The monoisotopic (exact) mass is 356 g/mol. The van der Waals surface area contributed by atoms with Crippen molar-refractivity contribution in [1.29, 1.82) is 0 Å². The van der Waals surface area contributed by atoms with Crippen LogP contribution in [-0.2, 0) is 11.0 Å². The Balaban J connectivity index is 1.80. The number of alkyl halides is 3. The number of hydrogen-bond acceptors (Lipinski definition) is 3. The van der Waals surface area contributed by atoms with Crippen molar-refractivity contribution in [2.45, 2.75) is 6.18 Å². The van der Waals surface area contributed by atoms with Crippen LogP contribution in [0.2, 0.25) is 0 Å². The lowest BCUT2D eigenvalue weighted by Crippen LogP contribution is -2.43. The summed E-state index contributed by atoms with van der Waals surface area (Å²) in [4.78, 5) is 23.3. The lowest BCUT2D eigenvalue weighted by molar-refractivity contribution is -0.137. The fraction of sp³-hybridized carbons (Fsp3) is 0.125. The van der Waals surface area contributed by atoms with E-state index in [-0.39, 0.29) is 11.3 Å². The van der Waals surface area contributed by atoms with Crippen LogP contribution in [-0.4, -0.2) is 18.4 Å². The van der Waals surface area contributed by atoms with Gasteiger partial charge in [-0.1, -0.05) is 0 Å². The molecule has 2 N–H and O–H groups in total. The zero-order valence-electron chi connectivity index (χ0n) is 12.6. The summed E-state index contributed by atoms with van der Waals surface area (Å²) in [6.07, 6.45) is -4.50. The number of halogens is 4. The Morgan fingerprint density at radius 1 is 0.920 bits per heavy atom. The SMILES string of the molecule is O=C(COc1ccc(F)cc1)NNC(=O)c1ccc(C(F)(F)F)cc1. The molecule has 0 heterocycles. The molecule has 2 rings (SSSR count). The van der Waals surface area contributed by atoms with E-state index in [1.807, 2.05) is 10.9 Å². The van der Waals surface area contributed by atoms with Gasteiger partial charge in [-0.15, -0.1) is 0 Å². The van der Waals surface area contributed by atoms with Crippen LogP contribution in [0.4, 0.5) is 17.6 Å². The van der Waals surface area contributed by atoms with E-state index in [1.54, 1.807) is 0 Å². The third-order valence-corrected chi connectivity index (χ3v) is 2.97. The van der Waals surface area contributed by atoms with Gasteiger partial charge in [-0.25, -0.2) is 4.39 Å². The first-order chi connectivity index (χ1) is 11.8. The van der Waals surface area contributed by atoms with Gasteiger partial charge in [0, 0.05) is 5.56 Å². The summed E-state index contributed by atoms with van der Waals surface area (Å²) in [5.41, 5.74) is 3.14. The molecule has 0 unspecified atom stereocenters. The summed E-state index contributed by atoms with van der Waals surface area (Å²) in [6, 6.07) is 8.44. The summed E-state index contributed by atoms with van der Waals surface area (Å²) in [5.74, 6) is -1.69. The zero-order chi connectivity index (χ0) is 18.4. The van der Waals surface area contributed by atoms with Gasteiger partial charge in [0.05, 0.1) is 5.56 Å². The van der Waals surface area contributed by atoms with Gasteiger partial charge in [0.15, 0.2) is 6.61 Å². The number of ether oxygens (including phenoxy) is 1. The molecule has 0 spiro atoms. The van der Waals surface area contributed by atoms with Gasteiger partial charge in [-0.2, -0.15) is 13.2 Å². The van der Waals surface area contributed by atoms with E-state index in [1.165, 1.54) is 12.1 Å². The molecule has 0 saturated heterocycles. The highest BCUT2D eigenvalue weighted by Crippen LogP contribution is 2.29. The van der Waals surface area contributed by atoms with Crippen LogP contribution in [0.3, 0.4) is 0 Å². The molecule has 0 aliphatic heterocycles. The average Bonchev–Trinajstić information content (AvgIpc) is 2.58. The minimum atomic E-state index is -4.50. The Labute approximate surface area is 139 Å². The van der Waals surface area contributed by atoms with Crippen LogP contribution in [0.1, 0.15) is 15.9 Å². The number of carbonyl (C=O) groups excluding carboxylic acids is 2. The fourth-order valence-electron chi connectivity index (χ4n) is 1.73. The van der Waals surface area contributed by atoms with Crippen LogP contribution in [0.5, 0.6) is 5.75 Å². The summed E-state index contributed by atoms with van der Waals surface area (Å²) in [7, 11) is 0. The number of amides is 2. The Morgan fingerprint density at radius 3 is 2.08 bits per heavy atom. The Hall–Kier alpha value is -3.10. The highest BCUT2D eigenvalue weighted by molar-refractivity contribution is 5.95. The molecule has 5 nitrogen and oxygen atoms in total. The number of hydrazine groups is 1. The van der Waals surface area contributed by atoms with Crippen LogP contribution in [0.15, 0.2) is 48.5 Å². The van der Waals surface area contributed by atoms with Gasteiger partial charge in [-0.3, -0.25) is 20.4 Å². The van der Waals surface area contributed by atoms with Crippen molar-refractivity contribution >= 4 is 11.8 Å². The molecule has 25 heavy (non-hydrogen) atoms. The Kier molecular flexibility index (Phi) is 5.58. The van der Waals surface area contributed by atoms with E-state index in [9.17, 15) is 27.2 Å². The average molecular weight is 356 g/mol. The standard InChI is InChI=1S/C16H12F4N2O3/c17-12-5-7-13(8-6-12)25-9-14(23)21-22-15(24)10-1-3-11(4-2-10)16(18,19)20/h1-8H,9H2,(H,21,23)(H,22,24). The molecule has 9 heteroatoms. The van der Waals surface area contributed by atoms with Gasteiger partial charge >= 0.3 is 6.18 Å². The van der Waals surface area contributed by atoms with Crippen molar-refractivity contribution < 1.29 is 31.9 Å². The topological polar surface area (TPSA) is 67.4 Å². The highest BCUT2D eigenvalue weighted by atomic mass is 19.4. The van der Waals surface area contributed by atoms with Crippen LogP contribution in [0.25, 0.3) is 0 Å². The van der Waals surface area contributed by atoms with E-state index in [0.29, 0.717) is 0 Å². The summed E-state index contributed by atoms with van der Waals surface area (Å²) in [6.45, 7) is -0.446. The first-order valence-electron chi connectivity index (χ1n) is 6.90. The molecular formula is C16H12F4N2O3. The van der Waals surface area contributed by atoms with Crippen molar-refractivity contribution in [1.82, 2.24) is 10.9 Å². The first-order valence-corrected chi connectivity index (χ1v) is 6.90.